The summed E-state index contributed by atoms with van der Waals surface area (Å²) in [6.07, 6.45) is 5.76. The highest BCUT2D eigenvalue weighted by atomic mass is 35.5. The average Bonchev–Trinajstić information content (AvgIpc) is 2.87. The Morgan fingerprint density at radius 3 is 2.62 bits per heavy atom. The van der Waals surface area contributed by atoms with E-state index in [1.54, 1.807) is 26.0 Å². The SMILES string of the molecule is C=C(C)/C(=C\C(=NC)n1cccc(C2(O)CCC2)c1=O)n1c(C)cc(OCc2ncc(F)cc2F)c(Cl)c1=O. The average molecular weight is 557 g/mol. The molecular weight excluding hydrogens is 530 g/mol. The standard InChI is InChI=1S/C28H27ClF2N4O4/c1-16(2)22(13-24(32-4)34-10-5-7-19(26(34)36)28(38)8-6-9-28)35-17(3)11-23(25(29)27(35)37)39-15-21-20(31)12-18(30)14-33-21/h5,7,10-14,38H,1,6,8-9,15H2,2-4H3/b22-13+,32-24?. The number of aliphatic hydroxyl groups is 1. The van der Waals surface area contributed by atoms with Crippen molar-refractivity contribution in [1.29, 1.82) is 0 Å². The minimum absolute atomic E-state index is 0.0101. The number of hydrogen-bond acceptors (Lipinski definition) is 6. The van der Waals surface area contributed by atoms with E-state index in [1.165, 1.54) is 34.5 Å². The first-order valence-electron chi connectivity index (χ1n) is 12.1. The number of pyridine rings is 3. The fourth-order valence-electron chi connectivity index (χ4n) is 4.33. The summed E-state index contributed by atoms with van der Waals surface area (Å²) in [7, 11) is 1.50. The lowest BCUT2D eigenvalue weighted by atomic mass is 9.75. The molecule has 0 atom stereocenters. The molecule has 1 aliphatic rings. The maximum absolute atomic E-state index is 14.0. The van der Waals surface area contributed by atoms with Gasteiger partial charge < -0.3 is 9.84 Å². The van der Waals surface area contributed by atoms with Crippen LogP contribution < -0.4 is 15.9 Å². The Morgan fingerprint density at radius 2 is 2.03 bits per heavy atom. The topological polar surface area (TPSA) is 98.7 Å². The van der Waals surface area contributed by atoms with E-state index >= 15 is 0 Å². The van der Waals surface area contributed by atoms with Crippen LogP contribution in [0.2, 0.25) is 5.02 Å². The van der Waals surface area contributed by atoms with E-state index in [0.29, 0.717) is 35.9 Å². The van der Waals surface area contributed by atoms with E-state index in [1.807, 2.05) is 0 Å². The van der Waals surface area contributed by atoms with Crippen LogP contribution in [0, 0.1) is 18.6 Å². The summed E-state index contributed by atoms with van der Waals surface area (Å²) < 4.78 is 35.3. The summed E-state index contributed by atoms with van der Waals surface area (Å²) in [6.45, 7) is 6.92. The van der Waals surface area contributed by atoms with Crippen LogP contribution in [0.15, 0.2) is 69.5 Å². The second-order valence-corrected chi connectivity index (χ2v) is 9.73. The Hall–Kier alpha value is -3.89. The first-order chi connectivity index (χ1) is 18.5. The third-order valence-corrected chi connectivity index (χ3v) is 6.95. The van der Waals surface area contributed by atoms with Gasteiger partial charge in [0.1, 0.15) is 34.7 Å². The number of halogens is 3. The largest absolute Gasteiger partial charge is 0.485 e. The quantitative estimate of drug-likeness (QED) is 0.261. The number of hydrogen-bond donors (Lipinski definition) is 1. The molecule has 8 nitrogen and oxygen atoms in total. The number of aliphatic imine (C=N–C) groups is 1. The lowest BCUT2D eigenvalue weighted by Gasteiger charge is -2.36. The first kappa shape index (κ1) is 28.1. The van der Waals surface area contributed by atoms with E-state index in [2.05, 4.69) is 16.6 Å². The zero-order valence-corrected chi connectivity index (χ0v) is 22.4. The minimum Gasteiger partial charge on any atom is -0.485 e. The Bertz CT molecular complexity index is 1640. The predicted molar refractivity (Wildman–Crippen MR) is 145 cm³/mol. The third kappa shape index (κ3) is 5.48. The van der Waals surface area contributed by atoms with Crippen molar-refractivity contribution < 1.29 is 18.6 Å². The molecule has 204 valence electrons. The molecule has 3 aromatic heterocycles. The van der Waals surface area contributed by atoms with Crippen LogP contribution in [-0.2, 0) is 12.2 Å². The summed E-state index contributed by atoms with van der Waals surface area (Å²) in [4.78, 5) is 34.6. The zero-order valence-electron chi connectivity index (χ0n) is 21.7. The van der Waals surface area contributed by atoms with Gasteiger partial charge in [0, 0.05) is 42.7 Å². The summed E-state index contributed by atoms with van der Waals surface area (Å²) in [6, 6.07) is 5.44. The number of aryl methyl sites for hydroxylation is 1. The van der Waals surface area contributed by atoms with Crippen molar-refractivity contribution in [2.75, 3.05) is 7.05 Å². The van der Waals surface area contributed by atoms with Crippen molar-refractivity contribution in [2.24, 2.45) is 4.99 Å². The first-order valence-corrected chi connectivity index (χ1v) is 12.5. The molecule has 1 N–H and O–H groups in total. The Morgan fingerprint density at radius 1 is 1.31 bits per heavy atom. The van der Waals surface area contributed by atoms with E-state index < -0.39 is 28.4 Å². The van der Waals surface area contributed by atoms with Crippen molar-refractivity contribution in [3.63, 3.8) is 0 Å². The highest BCUT2D eigenvalue weighted by molar-refractivity contribution is 6.31. The summed E-state index contributed by atoms with van der Waals surface area (Å²) in [5.41, 5.74) is -0.890. The number of aromatic nitrogens is 3. The predicted octanol–water partition coefficient (Wildman–Crippen LogP) is 4.59. The molecule has 0 aromatic carbocycles. The highest BCUT2D eigenvalue weighted by Gasteiger charge is 2.38. The Balaban J connectivity index is 1.73. The molecule has 0 unspecified atom stereocenters. The van der Waals surface area contributed by atoms with Gasteiger partial charge in [-0.25, -0.2) is 8.78 Å². The van der Waals surface area contributed by atoms with Crippen molar-refractivity contribution >= 4 is 23.1 Å². The maximum atomic E-state index is 14.0. The van der Waals surface area contributed by atoms with Crippen molar-refractivity contribution in [1.82, 2.24) is 14.1 Å². The zero-order chi connectivity index (χ0) is 28.5. The van der Waals surface area contributed by atoms with Crippen LogP contribution in [0.1, 0.15) is 43.1 Å². The highest BCUT2D eigenvalue weighted by Crippen LogP contribution is 2.39. The minimum atomic E-state index is -1.16. The Kier molecular flexibility index (Phi) is 7.99. The molecule has 39 heavy (non-hydrogen) atoms. The van der Waals surface area contributed by atoms with Gasteiger partial charge >= 0.3 is 0 Å². The van der Waals surface area contributed by atoms with Crippen LogP contribution in [0.25, 0.3) is 5.70 Å². The maximum Gasteiger partial charge on any atom is 0.277 e. The molecule has 0 amide bonds. The van der Waals surface area contributed by atoms with Crippen LogP contribution in [0.5, 0.6) is 5.75 Å². The number of rotatable bonds is 7. The van der Waals surface area contributed by atoms with Gasteiger partial charge in [-0.3, -0.25) is 28.7 Å². The number of ether oxygens (including phenoxy) is 1. The third-order valence-electron chi connectivity index (χ3n) is 6.60. The molecule has 4 rings (SSSR count). The summed E-state index contributed by atoms with van der Waals surface area (Å²) >= 11 is 6.35. The monoisotopic (exact) mass is 556 g/mol. The lowest BCUT2D eigenvalue weighted by molar-refractivity contribution is -0.0401. The molecule has 1 fully saturated rings. The van der Waals surface area contributed by atoms with E-state index in [0.717, 1.165) is 12.6 Å². The molecule has 1 saturated carbocycles. The van der Waals surface area contributed by atoms with Gasteiger partial charge in [0.15, 0.2) is 5.82 Å². The van der Waals surface area contributed by atoms with Gasteiger partial charge in [0.05, 0.1) is 17.5 Å². The van der Waals surface area contributed by atoms with Crippen LogP contribution in [0.3, 0.4) is 0 Å². The molecule has 0 spiro atoms. The molecule has 0 aliphatic heterocycles. The lowest BCUT2D eigenvalue weighted by Crippen LogP contribution is -2.41. The van der Waals surface area contributed by atoms with E-state index in [-0.39, 0.29) is 34.5 Å². The molecular formula is C28H27ClF2N4O4. The van der Waals surface area contributed by atoms with Crippen LogP contribution in [-0.4, -0.2) is 32.1 Å². The van der Waals surface area contributed by atoms with Gasteiger partial charge in [-0.2, -0.15) is 0 Å². The molecule has 1 aliphatic carbocycles. The fourth-order valence-corrected chi connectivity index (χ4v) is 4.53. The van der Waals surface area contributed by atoms with Gasteiger partial charge in [-0.1, -0.05) is 18.2 Å². The van der Waals surface area contributed by atoms with E-state index in [4.69, 9.17) is 16.3 Å². The fraction of sp³-hybridized carbons (Fsp3) is 0.286. The smallest absolute Gasteiger partial charge is 0.277 e. The summed E-state index contributed by atoms with van der Waals surface area (Å²) in [5.74, 6) is -1.51. The number of allylic oxidation sites excluding steroid dienone is 3. The van der Waals surface area contributed by atoms with Gasteiger partial charge in [0.25, 0.3) is 11.1 Å². The van der Waals surface area contributed by atoms with Gasteiger partial charge in [0.2, 0.25) is 0 Å². The molecule has 11 heteroatoms. The van der Waals surface area contributed by atoms with Crippen LogP contribution >= 0.6 is 11.6 Å². The Labute approximate surface area is 228 Å². The molecule has 0 saturated heterocycles. The second-order valence-electron chi connectivity index (χ2n) is 9.35. The van der Waals surface area contributed by atoms with Crippen LogP contribution in [0.4, 0.5) is 8.78 Å². The number of nitrogens with zero attached hydrogens (tertiary/aromatic N) is 4. The normalized spacial score (nSPS) is 15.2. The van der Waals surface area contributed by atoms with Crippen molar-refractivity contribution in [2.45, 2.75) is 45.3 Å². The van der Waals surface area contributed by atoms with E-state index in [9.17, 15) is 23.5 Å². The summed E-state index contributed by atoms with van der Waals surface area (Å²) in [5, 5.41) is 10.5. The molecule has 3 heterocycles. The van der Waals surface area contributed by atoms with Gasteiger partial charge in [-0.15, -0.1) is 0 Å². The van der Waals surface area contributed by atoms with Crippen molar-refractivity contribution in [3.8, 4) is 5.75 Å². The van der Waals surface area contributed by atoms with Crippen molar-refractivity contribution in [3.05, 3.63) is 109 Å². The molecule has 0 bridgehead atoms. The van der Waals surface area contributed by atoms with Gasteiger partial charge in [-0.05, 0) is 50.8 Å². The second kappa shape index (κ2) is 11.1. The molecule has 3 aromatic rings. The molecule has 0 radical (unpaired) electrons.